The fourth-order valence-corrected chi connectivity index (χ4v) is 4.83. The van der Waals surface area contributed by atoms with Crippen LogP contribution in [0.3, 0.4) is 0 Å². The minimum atomic E-state index is -4.57. The van der Waals surface area contributed by atoms with Crippen LogP contribution in [-0.4, -0.2) is 49.4 Å². The predicted octanol–water partition coefficient (Wildman–Crippen LogP) is 4.20. The summed E-state index contributed by atoms with van der Waals surface area (Å²) in [5.41, 5.74) is -0.846. The summed E-state index contributed by atoms with van der Waals surface area (Å²) in [5, 5.41) is 3.15. The van der Waals surface area contributed by atoms with Crippen molar-refractivity contribution in [2.45, 2.75) is 37.5 Å². The van der Waals surface area contributed by atoms with Crippen LogP contribution >= 0.6 is 0 Å². The monoisotopic (exact) mass is 472 g/mol. The van der Waals surface area contributed by atoms with Crippen molar-refractivity contribution < 1.29 is 22.4 Å². The van der Waals surface area contributed by atoms with Gasteiger partial charge in [-0.1, -0.05) is 6.07 Å². The predicted molar refractivity (Wildman–Crippen MR) is 114 cm³/mol. The molecule has 34 heavy (non-hydrogen) atoms. The molecule has 11 heteroatoms. The molecule has 1 aromatic carbocycles. The minimum Gasteiger partial charge on any atom is -0.364 e. The van der Waals surface area contributed by atoms with E-state index in [4.69, 9.17) is 0 Å². The molecule has 2 aromatic heterocycles. The Bertz CT molecular complexity index is 1190. The van der Waals surface area contributed by atoms with Gasteiger partial charge in [-0.3, -0.25) is 4.79 Å². The van der Waals surface area contributed by atoms with Gasteiger partial charge in [-0.15, -0.1) is 0 Å². The molecular weight excluding hydrogens is 452 g/mol. The van der Waals surface area contributed by atoms with Crippen molar-refractivity contribution in [2.75, 3.05) is 11.9 Å². The molecule has 0 unspecified atom stereocenters. The van der Waals surface area contributed by atoms with Crippen LogP contribution in [0, 0.1) is 11.7 Å². The maximum Gasteiger partial charge on any atom is 0.434 e. The molecular formula is C23H20F4N6O. The molecule has 3 fully saturated rings. The number of anilines is 1. The number of hydrogen-bond acceptors (Lipinski definition) is 6. The fraction of sp³-hybridized carbons (Fsp3) is 0.348. The number of nitrogens with zero attached hydrogens (tertiary/aromatic N) is 5. The van der Waals surface area contributed by atoms with Crippen LogP contribution < -0.4 is 5.32 Å². The second kappa shape index (κ2) is 8.62. The average molecular weight is 472 g/mol. The maximum atomic E-state index is 14.8. The molecule has 2 aliphatic heterocycles. The quantitative estimate of drug-likeness (QED) is 0.573. The van der Waals surface area contributed by atoms with Crippen LogP contribution in [0.15, 0.2) is 49.1 Å². The van der Waals surface area contributed by atoms with Crippen LogP contribution in [-0.2, 0) is 6.18 Å². The molecule has 3 aromatic rings. The summed E-state index contributed by atoms with van der Waals surface area (Å²) in [7, 11) is 0. The lowest BCUT2D eigenvalue weighted by atomic mass is 9.76. The lowest BCUT2D eigenvalue weighted by Gasteiger charge is -2.50. The molecule has 3 aliphatic rings. The number of benzene rings is 1. The van der Waals surface area contributed by atoms with E-state index in [1.807, 2.05) is 0 Å². The Morgan fingerprint density at radius 2 is 1.82 bits per heavy atom. The molecule has 2 bridgehead atoms. The van der Waals surface area contributed by atoms with E-state index in [1.165, 1.54) is 24.5 Å². The van der Waals surface area contributed by atoms with Crippen LogP contribution in [0.1, 0.15) is 35.3 Å². The van der Waals surface area contributed by atoms with E-state index >= 15 is 0 Å². The van der Waals surface area contributed by atoms with Gasteiger partial charge < -0.3 is 10.2 Å². The van der Waals surface area contributed by atoms with Gasteiger partial charge in [0.2, 0.25) is 0 Å². The third-order valence-corrected chi connectivity index (χ3v) is 6.35. The van der Waals surface area contributed by atoms with E-state index in [1.54, 1.807) is 17.0 Å². The van der Waals surface area contributed by atoms with Crippen molar-refractivity contribution in [3.8, 4) is 11.4 Å². The topological polar surface area (TPSA) is 83.9 Å². The molecule has 0 spiro atoms. The van der Waals surface area contributed by atoms with Crippen LogP contribution in [0.25, 0.3) is 11.4 Å². The molecule has 0 radical (unpaired) electrons. The SMILES string of the molecule is O=C(c1cccc(F)c1-c1ncccn1)N1C[C@H]2CC[C@H]1[C@H](Nc1cnc(C(F)(F)F)cn1)C2. The molecule has 3 atom stereocenters. The zero-order chi connectivity index (χ0) is 23.9. The average Bonchev–Trinajstić information content (AvgIpc) is 2.84. The molecule has 7 nitrogen and oxygen atoms in total. The Balaban J connectivity index is 1.40. The van der Waals surface area contributed by atoms with E-state index in [0.29, 0.717) is 19.2 Å². The fourth-order valence-electron chi connectivity index (χ4n) is 4.83. The highest BCUT2D eigenvalue weighted by molar-refractivity contribution is 6.00. The van der Waals surface area contributed by atoms with Crippen molar-refractivity contribution >= 4 is 11.7 Å². The smallest absolute Gasteiger partial charge is 0.364 e. The Morgan fingerprint density at radius 1 is 1.03 bits per heavy atom. The maximum absolute atomic E-state index is 14.8. The van der Waals surface area contributed by atoms with Gasteiger partial charge in [-0.05, 0) is 43.4 Å². The molecule has 1 amide bonds. The highest BCUT2D eigenvalue weighted by atomic mass is 19.4. The summed E-state index contributed by atoms with van der Waals surface area (Å²) in [5.74, 6) is -0.377. The molecule has 2 saturated heterocycles. The number of alkyl halides is 3. The molecule has 4 heterocycles. The number of nitrogens with one attached hydrogen (secondary N) is 1. The number of carbonyl (C=O) groups excluding carboxylic acids is 1. The highest BCUT2D eigenvalue weighted by Crippen LogP contribution is 2.38. The van der Waals surface area contributed by atoms with Gasteiger partial charge in [-0.25, -0.2) is 24.3 Å². The van der Waals surface area contributed by atoms with Gasteiger partial charge in [0.1, 0.15) is 11.6 Å². The van der Waals surface area contributed by atoms with Crippen LogP contribution in [0.4, 0.5) is 23.4 Å². The molecule has 1 N–H and O–H groups in total. The van der Waals surface area contributed by atoms with E-state index in [-0.39, 0.29) is 46.7 Å². The van der Waals surface area contributed by atoms with E-state index in [0.717, 1.165) is 19.0 Å². The van der Waals surface area contributed by atoms with Crippen molar-refractivity contribution in [1.29, 1.82) is 0 Å². The van der Waals surface area contributed by atoms with Gasteiger partial charge in [-0.2, -0.15) is 13.2 Å². The molecule has 176 valence electrons. The highest BCUT2D eigenvalue weighted by Gasteiger charge is 2.44. The van der Waals surface area contributed by atoms with Crippen LogP contribution in [0.5, 0.6) is 0 Å². The van der Waals surface area contributed by atoms with Gasteiger partial charge >= 0.3 is 6.18 Å². The summed E-state index contributed by atoms with van der Waals surface area (Å²) in [6.07, 6.45) is 2.53. The standard InChI is InChI=1S/C23H20F4N6O/c24-15-4-1-3-14(20(15)21-28-7-2-8-29-21)22(34)33-12-13-5-6-17(33)16(9-13)32-19-11-30-18(10-31-19)23(25,26)27/h1-4,7-8,10-11,13,16-17H,5-6,9,12H2,(H,31,32)/t13-,16+,17-/m0/s1. The zero-order valence-corrected chi connectivity index (χ0v) is 17.8. The van der Waals surface area contributed by atoms with Crippen molar-refractivity contribution in [2.24, 2.45) is 5.92 Å². The summed E-state index contributed by atoms with van der Waals surface area (Å²) in [6.45, 7) is 0.520. The van der Waals surface area contributed by atoms with Crippen molar-refractivity contribution in [3.05, 3.63) is 66.1 Å². The third-order valence-electron chi connectivity index (χ3n) is 6.35. The summed E-state index contributed by atoms with van der Waals surface area (Å²) < 4.78 is 53.1. The minimum absolute atomic E-state index is 0.0488. The van der Waals surface area contributed by atoms with E-state index in [9.17, 15) is 22.4 Å². The molecule has 1 saturated carbocycles. The van der Waals surface area contributed by atoms with Crippen molar-refractivity contribution in [1.82, 2.24) is 24.8 Å². The number of aromatic nitrogens is 4. The Labute approximate surface area is 192 Å². The zero-order valence-electron chi connectivity index (χ0n) is 17.8. The number of piperidine rings is 2. The van der Waals surface area contributed by atoms with Gasteiger partial charge in [0.05, 0.1) is 29.6 Å². The first-order chi connectivity index (χ1) is 16.3. The number of halogens is 4. The second-order valence-corrected chi connectivity index (χ2v) is 8.47. The first-order valence-corrected chi connectivity index (χ1v) is 10.8. The third kappa shape index (κ3) is 4.17. The first-order valence-electron chi connectivity index (χ1n) is 10.8. The number of fused-ring (bicyclic) bond motifs is 3. The lowest BCUT2D eigenvalue weighted by molar-refractivity contribution is -0.141. The molecule has 6 rings (SSSR count). The first kappa shape index (κ1) is 22.2. The summed E-state index contributed by atoms with van der Waals surface area (Å²) >= 11 is 0. The largest absolute Gasteiger partial charge is 0.434 e. The molecule has 1 aliphatic carbocycles. The number of hydrogen-bond donors (Lipinski definition) is 1. The van der Waals surface area contributed by atoms with Crippen LogP contribution in [0.2, 0.25) is 0 Å². The van der Waals surface area contributed by atoms with Gasteiger partial charge in [0.25, 0.3) is 5.91 Å². The summed E-state index contributed by atoms with van der Waals surface area (Å²) in [4.78, 5) is 30.9. The Kier molecular flexibility index (Phi) is 5.62. The van der Waals surface area contributed by atoms with Crippen molar-refractivity contribution in [3.63, 3.8) is 0 Å². The Morgan fingerprint density at radius 3 is 2.50 bits per heavy atom. The van der Waals surface area contributed by atoms with E-state index < -0.39 is 17.7 Å². The lowest BCUT2D eigenvalue weighted by Crippen LogP contribution is -2.59. The van der Waals surface area contributed by atoms with Gasteiger partial charge in [0.15, 0.2) is 11.5 Å². The number of rotatable bonds is 4. The van der Waals surface area contributed by atoms with Gasteiger partial charge in [0, 0.05) is 25.0 Å². The normalized spacial score (nSPS) is 22.0. The Hall–Kier alpha value is -3.63. The summed E-state index contributed by atoms with van der Waals surface area (Å²) in [6, 6.07) is 5.46. The van der Waals surface area contributed by atoms with E-state index in [2.05, 4.69) is 25.3 Å². The number of carbonyl (C=O) groups is 1. The number of amides is 1. The second-order valence-electron chi connectivity index (χ2n) is 8.47.